The molecule has 0 fully saturated rings. The molecule has 90 valence electrons. The van der Waals surface area contributed by atoms with Crippen LogP contribution in [-0.2, 0) is 4.79 Å². The average Bonchev–Trinajstić information content (AvgIpc) is 2.42. The molecule has 2 aromatic carbocycles. The Kier molecular flexibility index (Phi) is 4.06. The minimum atomic E-state index is -0.118. The van der Waals surface area contributed by atoms with Gasteiger partial charge in [-0.05, 0) is 18.1 Å². The molecule has 1 atom stereocenters. The maximum atomic E-state index is 10.5. The molecule has 18 heavy (non-hydrogen) atoms. The predicted octanol–water partition coefficient (Wildman–Crippen LogP) is 3.54. The van der Waals surface area contributed by atoms with Crippen LogP contribution in [0.5, 0.6) is 0 Å². The van der Waals surface area contributed by atoms with Gasteiger partial charge >= 0.3 is 0 Å². The molecule has 0 aliphatic rings. The molecule has 1 unspecified atom stereocenters. The minimum absolute atomic E-state index is 0.0915. The summed E-state index contributed by atoms with van der Waals surface area (Å²) in [7, 11) is 0. The number of hydrogen-bond donors (Lipinski definition) is 0. The number of rotatable bonds is 4. The Labute approximate surface area is 107 Å². The molecule has 0 bridgehead atoms. The summed E-state index contributed by atoms with van der Waals surface area (Å²) in [4.78, 5) is 14.4. The Morgan fingerprint density at radius 2 is 1.33 bits per heavy atom. The van der Waals surface area contributed by atoms with Crippen LogP contribution in [0.4, 0.5) is 0 Å². The second kappa shape index (κ2) is 5.95. The number of carbonyl (C=O) groups excluding carboxylic acids is 1. The Balaban J connectivity index is 2.44. The third-order valence-corrected chi connectivity index (χ3v) is 3.06. The van der Waals surface area contributed by atoms with E-state index < -0.39 is 0 Å². The van der Waals surface area contributed by atoms with E-state index in [9.17, 15) is 4.79 Å². The van der Waals surface area contributed by atoms with Crippen LogP contribution in [-0.4, -0.2) is 12.1 Å². The summed E-state index contributed by atoms with van der Waals surface area (Å²) in [5, 5.41) is 0. The van der Waals surface area contributed by atoms with E-state index >= 15 is 0 Å². The standard InChI is InChI=1S/C16H15NO/c1-13(17-12-18)16(14-8-4-2-5-9-14)15-10-6-3-7-11-15/h2-11,13,16H,1H3. The molecule has 0 heterocycles. The highest BCUT2D eigenvalue weighted by Gasteiger charge is 2.20. The highest BCUT2D eigenvalue weighted by molar-refractivity contribution is 5.38. The van der Waals surface area contributed by atoms with E-state index in [1.807, 2.05) is 43.3 Å². The quantitative estimate of drug-likeness (QED) is 0.590. The van der Waals surface area contributed by atoms with Crippen LogP contribution in [0.25, 0.3) is 0 Å². The smallest absolute Gasteiger partial charge is 0.211 e. The van der Waals surface area contributed by atoms with Gasteiger partial charge in [-0.3, -0.25) is 0 Å². The van der Waals surface area contributed by atoms with Crippen molar-refractivity contribution < 1.29 is 4.79 Å². The van der Waals surface area contributed by atoms with Crippen molar-refractivity contribution in [1.29, 1.82) is 0 Å². The number of isocyanates is 1. The average molecular weight is 237 g/mol. The van der Waals surface area contributed by atoms with E-state index in [1.54, 1.807) is 6.08 Å². The third kappa shape index (κ3) is 2.73. The molecular formula is C16H15NO. The van der Waals surface area contributed by atoms with Gasteiger partial charge in [-0.15, -0.1) is 0 Å². The van der Waals surface area contributed by atoms with Crippen LogP contribution in [0.3, 0.4) is 0 Å². The normalized spacial score (nSPS) is 11.9. The fourth-order valence-electron chi connectivity index (χ4n) is 2.23. The molecule has 0 aromatic heterocycles. The first kappa shape index (κ1) is 12.3. The molecule has 0 N–H and O–H groups in total. The van der Waals surface area contributed by atoms with Gasteiger partial charge in [-0.25, -0.2) is 9.79 Å². The molecule has 0 aliphatic carbocycles. The fourth-order valence-corrected chi connectivity index (χ4v) is 2.23. The van der Waals surface area contributed by atoms with Crippen LogP contribution in [0.2, 0.25) is 0 Å². The summed E-state index contributed by atoms with van der Waals surface area (Å²) in [6.45, 7) is 1.94. The highest BCUT2D eigenvalue weighted by Crippen LogP contribution is 2.29. The molecular weight excluding hydrogens is 222 g/mol. The van der Waals surface area contributed by atoms with Crippen LogP contribution in [0.1, 0.15) is 24.0 Å². The number of benzene rings is 2. The monoisotopic (exact) mass is 237 g/mol. The zero-order chi connectivity index (χ0) is 12.8. The van der Waals surface area contributed by atoms with Gasteiger partial charge in [0.25, 0.3) is 0 Å². The molecule has 0 saturated carbocycles. The van der Waals surface area contributed by atoms with E-state index in [0.717, 1.165) is 11.1 Å². The van der Waals surface area contributed by atoms with Crippen LogP contribution < -0.4 is 0 Å². The molecule has 0 saturated heterocycles. The van der Waals surface area contributed by atoms with Crippen molar-refractivity contribution in [2.75, 3.05) is 0 Å². The molecule has 0 aliphatic heterocycles. The summed E-state index contributed by atoms with van der Waals surface area (Å²) < 4.78 is 0. The molecule has 2 nitrogen and oxygen atoms in total. The van der Waals surface area contributed by atoms with Gasteiger partial charge in [0.05, 0.1) is 6.04 Å². The van der Waals surface area contributed by atoms with Gasteiger partial charge in [0.15, 0.2) is 0 Å². The minimum Gasteiger partial charge on any atom is -0.211 e. The van der Waals surface area contributed by atoms with Crippen LogP contribution >= 0.6 is 0 Å². The first-order valence-corrected chi connectivity index (χ1v) is 6.00. The maximum absolute atomic E-state index is 10.5. The van der Waals surface area contributed by atoms with Gasteiger partial charge in [0, 0.05) is 5.92 Å². The van der Waals surface area contributed by atoms with Gasteiger partial charge in [0.2, 0.25) is 6.08 Å². The lowest BCUT2D eigenvalue weighted by molar-refractivity contribution is 0.553. The van der Waals surface area contributed by atoms with Crippen LogP contribution in [0.15, 0.2) is 65.7 Å². The second-order valence-electron chi connectivity index (χ2n) is 4.26. The first-order chi connectivity index (χ1) is 8.83. The van der Waals surface area contributed by atoms with E-state index in [0.29, 0.717) is 0 Å². The molecule has 2 heteroatoms. The van der Waals surface area contributed by atoms with Crippen molar-refractivity contribution in [3.05, 3.63) is 71.8 Å². The Morgan fingerprint density at radius 3 is 1.72 bits per heavy atom. The van der Waals surface area contributed by atoms with Gasteiger partial charge in [0.1, 0.15) is 0 Å². The Morgan fingerprint density at radius 1 is 0.889 bits per heavy atom. The van der Waals surface area contributed by atoms with Crippen molar-refractivity contribution in [2.45, 2.75) is 18.9 Å². The summed E-state index contributed by atoms with van der Waals surface area (Å²) in [6.07, 6.45) is 1.66. The van der Waals surface area contributed by atoms with Crippen molar-refractivity contribution in [2.24, 2.45) is 4.99 Å². The number of aliphatic imine (C=N–C) groups is 1. The van der Waals surface area contributed by atoms with E-state index in [-0.39, 0.29) is 12.0 Å². The van der Waals surface area contributed by atoms with E-state index in [2.05, 4.69) is 29.3 Å². The van der Waals surface area contributed by atoms with Crippen molar-refractivity contribution >= 4 is 6.08 Å². The van der Waals surface area contributed by atoms with Gasteiger partial charge in [-0.1, -0.05) is 60.7 Å². The Hall–Kier alpha value is -2.18. The molecule has 0 amide bonds. The Bertz CT molecular complexity index is 490. The second-order valence-corrected chi connectivity index (χ2v) is 4.26. The van der Waals surface area contributed by atoms with Crippen molar-refractivity contribution in [3.63, 3.8) is 0 Å². The summed E-state index contributed by atoms with van der Waals surface area (Å²) >= 11 is 0. The SMILES string of the molecule is CC(N=C=O)C(c1ccccc1)c1ccccc1. The summed E-state index contributed by atoms with van der Waals surface area (Å²) in [5.41, 5.74) is 2.32. The lowest BCUT2D eigenvalue weighted by Gasteiger charge is -2.21. The first-order valence-electron chi connectivity index (χ1n) is 6.00. The zero-order valence-electron chi connectivity index (χ0n) is 10.3. The highest BCUT2D eigenvalue weighted by atomic mass is 16.1. The largest absolute Gasteiger partial charge is 0.235 e. The fraction of sp³-hybridized carbons (Fsp3) is 0.188. The predicted molar refractivity (Wildman–Crippen MR) is 72.3 cm³/mol. The van der Waals surface area contributed by atoms with Crippen LogP contribution in [0, 0.1) is 0 Å². The lowest BCUT2D eigenvalue weighted by atomic mass is 9.86. The third-order valence-electron chi connectivity index (χ3n) is 3.06. The van der Waals surface area contributed by atoms with Gasteiger partial charge in [-0.2, -0.15) is 0 Å². The van der Waals surface area contributed by atoms with Gasteiger partial charge < -0.3 is 0 Å². The number of hydrogen-bond acceptors (Lipinski definition) is 2. The molecule has 0 spiro atoms. The van der Waals surface area contributed by atoms with Crippen molar-refractivity contribution in [3.8, 4) is 0 Å². The zero-order valence-corrected chi connectivity index (χ0v) is 10.3. The van der Waals surface area contributed by atoms with E-state index in [1.165, 1.54) is 0 Å². The maximum Gasteiger partial charge on any atom is 0.235 e. The topological polar surface area (TPSA) is 29.4 Å². The summed E-state index contributed by atoms with van der Waals surface area (Å²) in [5.74, 6) is 0.0915. The lowest BCUT2D eigenvalue weighted by Crippen LogP contribution is -2.14. The molecule has 0 radical (unpaired) electrons. The number of nitrogens with zero attached hydrogens (tertiary/aromatic N) is 1. The van der Waals surface area contributed by atoms with E-state index in [4.69, 9.17) is 0 Å². The summed E-state index contributed by atoms with van der Waals surface area (Å²) in [6, 6.07) is 20.1. The molecule has 2 rings (SSSR count). The molecule has 2 aromatic rings. The van der Waals surface area contributed by atoms with Crippen molar-refractivity contribution in [1.82, 2.24) is 0 Å².